The molecule has 2 nitrogen and oxygen atoms in total. The average molecular weight is 487 g/mol. The van der Waals surface area contributed by atoms with Crippen LogP contribution in [0.3, 0.4) is 0 Å². The Labute approximate surface area is 208 Å². The van der Waals surface area contributed by atoms with Gasteiger partial charge in [0.15, 0.2) is 0 Å². The Bertz CT molecular complexity index is 853. The Morgan fingerprint density at radius 1 is 0.647 bits per heavy atom. The largest absolute Gasteiger partial charge is 0.505 e. The van der Waals surface area contributed by atoms with Gasteiger partial charge in [-0.3, -0.25) is 0 Å². The molecule has 2 aromatic rings. The molecule has 0 atom stereocenters. The molecule has 0 N–H and O–H groups in total. The fourth-order valence-electron chi connectivity index (χ4n) is 4.92. The fourth-order valence-corrected chi connectivity index (χ4v) is 5.69. The van der Waals surface area contributed by atoms with Crippen molar-refractivity contribution in [2.24, 2.45) is 0 Å². The number of benzene rings is 2. The van der Waals surface area contributed by atoms with Gasteiger partial charge < -0.3 is 9.05 Å². The highest BCUT2D eigenvalue weighted by molar-refractivity contribution is 7.42. The zero-order valence-electron chi connectivity index (χ0n) is 22.0. The Morgan fingerprint density at radius 3 is 1.41 bits per heavy atom. The van der Waals surface area contributed by atoms with Crippen molar-refractivity contribution >= 4 is 8.69 Å². The minimum absolute atomic E-state index is 0.0950. The van der Waals surface area contributed by atoms with Crippen LogP contribution in [0.1, 0.15) is 125 Å². The molecule has 0 aromatic heterocycles. The molecule has 0 unspecified atom stereocenters. The van der Waals surface area contributed by atoms with Crippen LogP contribution in [0.25, 0.3) is 0 Å². The van der Waals surface area contributed by atoms with Crippen LogP contribution in [0.4, 0.5) is 4.20 Å². The molecule has 0 spiro atoms. The van der Waals surface area contributed by atoms with Gasteiger partial charge in [0.2, 0.25) is 0 Å². The van der Waals surface area contributed by atoms with Crippen molar-refractivity contribution in [3.8, 4) is 11.5 Å². The third-order valence-corrected chi connectivity index (χ3v) is 7.66. The molecule has 34 heavy (non-hydrogen) atoms. The van der Waals surface area contributed by atoms with Gasteiger partial charge in [-0.25, -0.2) is 0 Å². The van der Waals surface area contributed by atoms with Gasteiger partial charge in [-0.05, 0) is 73.6 Å². The average Bonchev–Trinajstić information content (AvgIpc) is 2.84. The van der Waals surface area contributed by atoms with Gasteiger partial charge in [-0.2, -0.15) is 0 Å². The van der Waals surface area contributed by atoms with E-state index in [2.05, 4.69) is 58.9 Å². The first-order valence-electron chi connectivity index (χ1n) is 13.6. The highest BCUT2D eigenvalue weighted by Crippen LogP contribution is 2.53. The maximum Gasteiger partial charge on any atom is 0.505 e. The second kappa shape index (κ2) is 13.5. The van der Waals surface area contributed by atoms with Crippen LogP contribution in [0, 0.1) is 0 Å². The second-order valence-corrected chi connectivity index (χ2v) is 10.7. The lowest BCUT2D eigenvalue weighted by Gasteiger charge is -2.29. The number of fused-ring (bicyclic) bond motifs is 2. The monoisotopic (exact) mass is 486 g/mol. The first-order valence-corrected chi connectivity index (χ1v) is 14.7. The van der Waals surface area contributed by atoms with Gasteiger partial charge in [-0.15, -0.1) is 4.20 Å². The topological polar surface area (TPSA) is 18.5 Å². The molecule has 1 heterocycles. The van der Waals surface area contributed by atoms with Gasteiger partial charge in [-0.1, -0.05) is 84.6 Å². The van der Waals surface area contributed by atoms with E-state index in [9.17, 15) is 0 Å². The van der Waals surface area contributed by atoms with Crippen LogP contribution < -0.4 is 9.05 Å². The van der Waals surface area contributed by atoms with Crippen LogP contribution in [0.2, 0.25) is 0 Å². The summed E-state index contributed by atoms with van der Waals surface area (Å²) in [4.78, 5) is 0. The molecule has 2 aromatic carbocycles. The maximum atomic E-state index is 15.3. The van der Waals surface area contributed by atoms with Crippen LogP contribution in [0.5, 0.6) is 11.5 Å². The zero-order valence-corrected chi connectivity index (χ0v) is 22.9. The van der Waals surface area contributed by atoms with E-state index in [-0.39, 0.29) is 5.92 Å². The minimum Gasteiger partial charge on any atom is -0.414 e. The summed E-state index contributed by atoms with van der Waals surface area (Å²) in [6.45, 7) is 11.1. The number of halogens is 1. The highest BCUT2D eigenvalue weighted by Gasteiger charge is 2.31. The van der Waals surface area contributed by atoms with Crippen molar-refractivity contribution in [2.45, 2.75) is 118 Å². The molecule has 0 amide bonds. The third kappa shape index (κ3) is 6.75. The molecule has 0 bridgehead atoms. The molecule has 0 saturated carbocycles. The van der Waals surface area contributed by atoms with Crippen LogP contribution >= 0.6 is 8.69 Å². The van der Waals surface area contributed by atoms with Crippen molar-refractivity contribution in [1.82, 2.24) is 0 Å². The molecular weight excluding hydrogens is 442 g/mol. The molecule has 0 aliphatic carbocycles. The third-order valence-electron chi connectivity index (χ3n) is 7.01. The van der Waals surface area contributed by atoms with Crippen LogP contribution in [-0.2, 0) is 25.7 Å². The molecule has 1 aliphatic rings. The number of rotatable bonds is 12. The summed E-state index contributed by atoms with van der Waals surface area (Å²) in [6.07, 6.45) is 13.0. The van der Waals surface area contributed by atoms with Gasteiger partial charge in [0.05, 0.1) is 0 Å². The Kier molecular flexibility index (Phi) is 10.7. The zero-order chi connectivity index (χ0) is 24.5. The van der Waals surface area contributed by atoms with Crippen molar-refractivity contribution in [3.05, 3.63) is 57.6 Å². The van der Waals surface area contributed by atoms with Crippen LogP contribution in [-0.4, -0.2) is 0 Å². The van der Waals surface area contributed by atoms with Gasteiger partial charge in [0.25, 0.3) is 0 Å². The smallest absolute Gasteiger partial charge is 0.414 e. The van der Waals surface area contributed by atoms with E-state index in [1.807, 2.05) is 0 Å². The van der Waals surface area contributed by atoms with E-state index in [1.165, 1.54) is 36.8 Å². The number of aryl methyl sites for hydroxylation is 4. The van der Waals surface area contributed by atoms with E-state index in [1.54, 1.807) is 0 Å². The summed E-state index contributed by atoms with van der Waals surface area (Å²) in [6, 6.07) is 9.08. The normalized spacial score (nSPS) is 17.2. The fraction of sp³-hybridized carbons (Fsp3) is 0.600. The molecule has 4 heteroatoms. The van der Waals surface area contributed by atoms with E-state index < -0.39 is 8.69 Å². The standard InChI is InChI=1S/C30H44FO2P/c1-6-10-14-23-18-25(16-12-8-3)29-27(20-23)22(5)28-21-24(15-11-7-2)19-26(17-13-9-4)30(28)33-34(31)32-29/h18-22H,6-17H2,1-5H3. The van der Waals surface area contributed by atoms with E-state index in [0.717, 1.165) is 85.1 Å². The molecule has 0 saturated heterocycles. The summed E-state index contributed by atoms with van der Waals surface area (Å²) in [5.74, 6) is 1.56. The molecule has 188 valence electrons. The van der Waals surface area contributed by atoms with E-state index in [4.69, 9.17) is 9.05 Å². The van der Waals surface area contributed by atoms with Crippen molar-refractivity contribution in [2.75, 3.05) is 0 Å². The molecule has 3 rings (SSSR count). The molecular formula is C30H44FO2P. The summed E-state index contributed by atoms with van der Waals surface area (Å²) in [5.41, 5.74) is 7.24. The molecule has 0 radical (unpaired) electrons. The number of unbranched alkanes of at least 4 members (excludes halogenated alkanes) is 4. The first kappa shape index (κ1) is 27.0. The lowest BCUT2D eigenvalue weighted by molar-refractivity contribution is 0.418. The number of hydrogen-bond donors (Lipinski definition) is 0. The quantitative estimate of drug-likeness (QED) is 0.278. The van der Waals surface area contributed by atoms with Crippen molar-refractivity contribution < 1.29 is 13.2 Å². The predicted molar refractivity (Wildman–Crippen MR) is 144 cm³/mol. The second-order valence-electron chi connectivity index (χ2n) is 9.88. The SMILES string of the molecule is CCCCc1cc(CCCC)c2c(c1)C(C)c1cc(CCCC)cc(CCCC)c1OP(F)O2. The maximum absolute atomic E-state index is 15.3. The van der Waals surface area contributed by atoms with E-state index in [0.29, 0.717) is 0 Å². The summed E-state index contributed by atoms with van der Waals surface area (Å²) >= 11 is 0. The highest BCUT2D eigenvalue weighted by atomic mass is 31.2. The van der Waals surface area contributed by atoms with Gasteiger partial charge >= 0.3 is 8.69 Å². The van der Waals surface area contributed by atoms with Gasteiger partial charge in [0, 0.05) is 17.0 Å². The Hall–Kier alpha value is -1.60. The summed E-state index contributed by atoms with van der Waals surface area (Å²) in [5, 5.41) is 0. The summed E-state index contributed by atoms with van der Waals surface area (Å²) < 4.78 is 27.3. The predicted octanol–water partition coefficient (Wildman–Crippen LogP) is 10.2. The Balaban J connectivity index is 2.16. The Morgan fingerprint density at radius 2 is 1.03 bits per heavy atom. The van der Waals surface area contributed by atoms with Gasteiger partial charge in [0.1, 0.15) is 11.5 Å². The summed E-state index contributed by atoms with van der Waals surface area (Å²) in [7, 11) is -2.53. The lowest BCUT2D eigenvalue weighted by atomic mass is 9.85. The number of hydrogen-bond acceptors (Lipinski definition) is 2. The van der Waals surface area contributed by atoms with Crippen molar-refractivity contribution in [3.63, 3.8) is 0 Å². The lowest BCUT2D eigenvalue weighted by Crippen LogP contribution is -2.12. The molecule has 0 fully saturated rings. The van der Waals surface area contributed by atoms with E-state index >= 15 is 4.20 Å². The van der Waals surface area contributed by atoms with Crippen molar-refractivity contribution in [1.29, 1.82) is 0 Å². The molecule has 1 aliphatic heterocycles. The van der Waals surface area contributed by atoms with Crippen LogP contribution in [0.15, 0.2) is 24.3 Å². The minimum atomic E-state index is -2.53. The first-order chi connectivity index (χ1) is 16.5.